The van der Waals surface area contributed by atoms with Crippen LogP contribution in [0.15, 0.2) is 30.7 Å². The Bertz CT molecular complexity index is 874. The Morgan fingerprint density at radius 2 is 2.14 bits per heavy atom. The lowest BCUT2D eigenvalue weighted by atomic mass is 9.93. The zero-order valence-corrected chi connectivity index (χ0v) is 15.5. The average Bonchev–Trinajstić information content (AvgIpc) is 3.09. The summed E-state index contributed by atoms with van der Waals surface area (Å²) in [7, 11) is 0. The number of aliphatic hydroxyl groups excluding tert-OH is 1. The van der Waals surface area contributed by atoms with Crippen LogP contribution >= 0.6 is 0 Å². The van der Waals surface area contributed by atoms with Gasteiger partial charge >= 0.3 is 0 Å². The third kappa shape index (κ3) is 3.01. The molecule has 1 unspecified atom stereocenters. The Morgan fingerprint density at radius 3 is 2.89 bits per heavy atom. The number of rotatable bonds is 5. The van der Waals surface area contributed by atoms with Gasteiger partial charge in [-0.2, -0.15) is 0 Å². The van der Waals surface area contributed by atoms with Gasteiger partial charge in [-0.05, 0) is 37.8 Å². The number of fused-ring (bicyclic) bond motifs is 4. The van der Waals surface area contributed by atoms with E-state index in [1.54, 1.807) is 24.7 Å². The van der Waals surface area contributed by atoms with Crippen LogP contribution in [0.25, 0.3) is 0 Å². The van der Waals surface area contributed by atoms with E-state index in [9.17, 15) is 9.90 Å². The molecular formula is C19H23N7O2. The summed E-state index contributed by atoms with van der Waals surface area (Å²) in [6, 6.07) is 4.07. The smallest absolute Gasteiger partial charge is 0.270 e. The first kappa shape index (κ1) is 17.2. The molecule has 2 fully saturated rings. The number of carbonyl (C=O) groups is 1. The SMILES string of the molecule is O=C(NC1CCC1)c1ccc2c(n1)N(C(O)Nc1cnccn1)[C@H]1CCN2C1. The minimum absolute atomic E-state index is 0.115. The largest absolute Gasteiger partial charge is 0.366 e. The molecule has 2 aromatic heterocycles. The Morgan fingerprint density at radius 1 is 1.25 bits per heavy atom. The van der Waals surface area contributed by atoms with Crippen LogP contribution in [0.4, 0.5) is 17.3 Å². The summed E-state index contributed by atoms with van der Waals surface area (Å²) in [4.78, 5) is 29.5. The summed E-state index contributed by atoms with van der Waals surface area (Å²) in [5, 5.41) is 16.9. The van der Waals surface area contributed by atoms with Crippen molar-refractivity contribution in [2.75, 3.05) is 28.2 Å². The second kappa shape index (κ2) is 6.90. The van der Waals surface area contributed by atoms with Crippen LogP contribution < -0.4 is 20.4 Å². The van der Waals surface area contributed by atoms with Crippen molar-refractivity contribution in [1.29, 1.82) is 0 Å². The van der Waals surface area contributed by atoms with Crippen LogP contribution in [0.5, 0.6) is 0 Å². The molecule has 28 heavy (non-hydrogen) atoms. The predicted octanol–water partition coefficient (Wildman–Crippen LogP) is 0.941. The fraction of sp³-hybridized carbons (Fsp3) is 0.474. The standard InChI is InChI=1S/C19H23N7O2/c27-18(22-12-2-1-3-12)14-4-5-15-17(23-14)26(13-6-9-25(15)11-13)19(28)24-16-10-20-7-8-21-16/h4-5,7-8,10,12-13,19,28H,1-3,6,9,11H2,(H,21,24)(H,22,27)/t13-,19?/m0/s1. The molecule has 3 aliphatic rings. The van der Waals surface area contributed by atoms with E-state index < -0.39 is 6.35 Å². The zero-order chi connectivity index (χ0) is 19.1. The van der Waals surface area contributed by atoms with E-state index in [0.29, 0.717) is 17.3 Å². The molecule has 1 saturated heterocycles. The van der Waals surface area contributed by atoms with Gasteiger partial charge in [-0.3, -0.25) is 9.78 Å². The van der Waals surface area contributed by atoms with Gasteiger partial charge in [-0.1, -0.05) is 0 Å². The zero-order valence-electron chi connectivity index (χ0n) is 15.5. The first-order valence-corrected chi connectivity index (χ1v) is 9.75. The van der Waals surface area contributed by atoms with Gasteiger partial charge in [0.1, 0.15) is 11.5 Å². The predicted molar refractivity (Wildman–Crippen MR) is 104 cm³/mol. The number of amides is 1. The van der Waals surface area contributed by atoms with Gasteiger partial charge in [0.2, 0.25) is 6.35 Å². The lowest BCUT2D eigenvalue weighted by molar-refractivity contribution is 0.0911. The van der Waals surface area contributed by atoms with Crippen LogP contribution in [0.2, 0.25) is 0 Å². The fourth-order valence-corrected chi connectivity index (χ4v) is 4.07. The van der Waals surface area contributed by atoms with Gasteiger partial charge in [0.25, 0.3) is 5.91 Å². The third-order valence-electron chi connectivity index (χ3n) is 5.77. The normalized spacial score (nSPS) is 21.7. The van der Waals surface area contributed by atoms with Gasteiger partial charge in [0.05, 0.1) is 17.9 Å². The highest BCUT2D eigenvalue weighted by atomic mass is 16.3. The first-order chi connectivity index (χ1) is 13.7. The Hall–Kier alpha value is -2.94. The van der Waals surface area contributed by atoms with Gasteiger partial charge in [0.15, 0.2) is 5.82 Å². The molecule has 1 amide bonds. The number of pyridine rings is 1. The van der Waals surface area contributed by atoms with Crippen molar-refractivity contribution in [3.05, 3.63) is 36.4 Å². The molecule has 0 aromatic carbocycles. The van der Waals surface area contributed by atoms with Crippen molar-refractivity contribution < 1.29 is 9.90 Å². The number of hydrogen-bond donors (Lipinski definition) is 3. The molecule has 9 heteroatoms. The molecule has 2 aliphatic heterocycles. The molecule has 9 nitrogen and oxygen atoms in total. The van der Waals surface area contributed by atoms with E-state index in [-0.39, 0.29) is 18.0 Å². The quantitative estimate of drug-likeness (QED) is 0.657. The van der Waals surface area contributed by atoms with Gasteiger partial charge in [0, 0.05) is 31.5 Å². The number of nitrogens with one attached hydrogen (secondary N) is 2. The number of nitrogens with zero attached hydrogens (tertiary/aromatic N) is 5. The molecule has 0 spiro atoms. The van der Waals surface area contributed by atoms with Crippen molar-refractivity contribution in [2.24, 2.45) is 0 Å². The first-order valence-electron chi connectivity index (χ1n) is 9.75. The fourth-order valence-electron chi connectivity index (χ4n) is 4.07. The lowest BCUT2D eigenvalue weighted by Gasteiger charge is -2.40. The lowest BCUT2D eigenvalue weighted by Crippen LogP contribution is -2.52. The number of hydrogen-bond acceptors (Lipinski definition) is 8. The molecule has 2 atom stereocenters. The topological polar surface area (TPSA) is 107 Å². The highest BCUT2D eigenvalue weighted by molar-refractivity contribution is 5.94. The van der Waals surface area contributed by atoms with E-state index in [1.807, 2.05) is 11.0 Å². The number of anilines is 3. The molecule has 4 heterocycles. The van der Waals surface area contributed by atoms with E-state index in [0.717, 1.165) is 44.5 Å². The minimum Gasteiger partial charge on any atom is -0.366 e. The second-order valence-electron chi connectivity index (χ2n) is 7.54. The maximum absolute atomic E-state index is 12.6. The summed E-state index contributed by atoms with van der Waals surface area (Å²) < 4.78 is 0. The van der Waals surface area contributed by atoms with Gasteiger partial charge in [-0.15, -0.1) is 0 Å². The van der Waals surface area contributed by atoms with Gasteiger partial charge < -0.3 is 25.5 Å². The van der Waals surface area contributed by atoms with Crippen LogP contribution in [0, 0.1) is 0 Å². The second-order valence-corrected chi connectivity index (χ2v) is 7.54. The maximum Gasteiger partial charge on any atom is 0.270 e. The highest BCUT2D eigenvalue weighted by Gasteiger charge is 2.40. The third-order valence-corrected chi connectivity index (χ3v) is 5.77. The maximum atomic E-state index is 12.6. The van der Waals surface area contributed by atoms with Crippen LogP contribution in [-0.2, 0) is 0 Å². The summed E-state index contributed by atoms with van der Waals surface area (Å²) >= 11 is 0. The van der Waals surface area contributed by atoms with Crippen LogP contribution in [-0.4, -0.2) is 57.5 Å². The minimum atomic E-state index is -1.02. The van der Waals surface area contributed by atoms with Crippen LogP contribution in [0.1, 0.15) is 36.2 Å². The Balaban J connectivity index is 1.44. The van der Waals surface area contributed by atoms with E-state index >= 15 is 0 Å². The number of aliphatic hydroxyl groups is 1. The molecule has 2 aromatic rings. The van der Waals surface area contributed by atoms with E-state index in [1.165, 1.54) is 0 Å². The summed E-state index contributed by atoms with van der Waals surface area (Å²) in [6.45, 7) is 1.73. The van der Waals surface area contributed by atoms with Crippen molar-refractivity contribution in [1.82, 2.24) is 20.3 Å². The molecular weight excluding hydrogens is 358 g/mol. The van der Waals surface area contributed by atoms with Gasteiger partial charge in [-0.25, -0.2) is 9.97 Å². The Kier molecular flexibility index (Phi) is 4.23. The molecule has 1 saturated carbocycles. The molecule has 1 aliphatic carbocycles. The Labute approximate surface area is 162 Å². The number of aromatic nitrogens is 3. The monoisotopic (exact) mass is 381 g/mol. The van der Waals surface area contributed by atoms with Crippen molar-refractivity contribution in [3.63, 3.8) is 0 Å². The van der Waals surface area contributed by atoms with Crippen molar-refractivity contribution in [3.8, 4) is 0 Å². The average molecular weight is 381 g/mol. The molecule has 146 valence electrons. The summed E-state index contributed by atoms with van der Waals surface area (Å²) in [5.74, 6) is 0.950. The molecule has 3 N–H and O–H groups in total. The number of carbonyl (C=O) groups excluding carboxylic acids is 1. The van der Waals surface area contributed by atoms with Crippen molar-refractivity contribution in [2.45, 2.75) is 44.1 Å². The molecule has 2 bridgehead atoms. The highest BCUT2D eigenvalue weighted by Crippen LogP contribution is 2.39. The molecule has 0 radical (unpaired) electrons. The molecule has 5 rings (SSSR count). The summed E-state index contributed by atoms with van der Waals surface area (Å²) in [5.41, 5.74) is 1.32. The summed E-state index contributed by atoms with van der Waals surface area (Å²) in [6.07, 6.45) is 7.82. The van der Waals surface area contributed by atoms with E-state index in [4.69, 9.17) is 0 Å². The van der Waals surface area contributed by atoms with E-state index in [2.05, 4.69) is 30.5 Å². The van der Waals surface area contributed by atoms with Crippen LogP contribution in [0.3, 0.4) is 0 Å². The van der Waals surface area contributed by atoms with Crippen molar-refractivity contribution >= 4 is 23.2 Å².